The zero-order valence-corrected chi connectivity index (χ0v) is 18.6. The Morgan fingerprint density at radius 2 is 1.10 bits per heavy atom. The molecule has 1 saturated heterocycles. The number of hydrogen-bond donors (Lipinski definition) is 0. The average Bonchev–Trinajstić information content (AvgIpc) is 3.38. The predicted molar refractivity (Wildman–Crippen MR) is 131 cm³/mol. The minimum Gasteiger partial charge on any atom is -0.343 e. The Labute approximate surface area is 184 Å². The van der Waals surface area contributed by atoms with Crippen molar-refractivity contribution in [3.05, 3.63) is 91.0 Å². The molecule has 0 radical (unpaired) electrons. The molecule has 1 aliphatic rings. The lowest BCUT2D eigenvalue weighted by Crippen LogP contribution is -2.30. The molecule has 158 valence electrons. The van der Waals surface area contributed by atoms with E-state index in [2.05, 4.69) is 36.4 Å². The molecule has 1 aliphatic heterocycles. The van der Waals surface area contributed by atoms with Gasteiger partial charge in [0.1, 0.15) is 0 Å². The van der Waals surface area contributed by atoms with E-state index < -0.39 is 6.89 Å². The van der Waals surface area contributed by atoms with Crippen molar-refractivity contribution in [1.29, 1.82) is 0 Å². The first kappa shape index (κ1) is 21.3. The number of carbonyl (C=O) groups excluding carboxylic acids is 2. The van der Waals surface area contributed by atoms with Crippen LogP contribution in [0, 0.1) is 0 Å². The zero-order chi connectivity index (χ0) is 21.5. The van der Waals surface area contributed by atoms with E-state index in [0.29, 0.717) is 0 Å². The summed E-state index contributed by atoms with van der Waals surface area (Å²) in [5.41, 5.74) is 0. The smallest absolute Gasteiger partial charge is 0.223 e. The van der Waals surface area contributed by atoms with Crippen LogP contribution in [0.2, 0.25) is 0 Å². The van der Waals surface area contributed by atoms with Crippen LogP contribution in [0.4, 0.5) is 0 Å². The highest BCUT2D eigenvalue weighted by molar-refractivity contribution is 7.95. The van der Waals surface area contributed by atoms with Crippen molar-refractivity contribution in [2.45, 2.75) is 25.7 Å². The second-order valence-electron chi connectivity index (χ2n) is 7.91. The van der Waals surface area contributed by atoms with E-state index in [1.54, 1.807) is 0 Å². The van der Waals surface area contributed by atoms with E-state index in [4.69, 9.17) is 0 Å². The molecule has 4 rings (SSSR count). The molecule has 0 unspecified atom stereocenters. The number of amides is 1. The summed E-state index contributed by atoms with van der Waals surface area (Å²) in [4.78, 5) is 27.7. The lowest BCUT2D eigenvalue weighted by atomic mass is 10.2. The van der Waals surface area contributed by atoms with Crippen LogP contribution in [0.3, 0.4) is 0 Å². The van der Waals surface area contributed by atoms with Gasteiger partial charge in [0.05, 0.1) is 0 Å². The summed E-state index contributed by atoms with van der Waals surface area (Å²) in [6.07, 6.45) is 2.67. The first-order valence-electron chi connectivity index (χ1n) is 10.9. The summed E-state index contributed by atoms with van der Waals surface area (Å²) < 4.78 is 0. The minimum atomic E-state index is -2.29. The highest BCUT2D eigenvalue weighted by Gasteiger charge is 2.26. The summed E-state index contributed by atoms with van der Waals surface area (Å²) in [7, 11) is 0. The maximum Gasteiger partial charge on any atom is 0.223 e. The molecule has 0 spiro atoms. The van der Waals surface area contributed by atoms with Crippen molar-refractivity contribution in [2.75, 3.05) is 13.1 Å². The van der Waals surface area contributed by atoms with Gasteiger partial charge in [-0.1, -0.05) is 91.0 Å². The van der Waals surface area contributed by atoms with Gasteiger partial charge >= 0.3 is 0 Å². The third kappa shape index (κ3) is 4.73. The first-order chi connectivity index (χ1) is 15.2. The highest BCUT2D eigenvalue weighted by Crippen LogP contribution is 2.43. The fourth-order valence-corrected chi connectivity index (χ4v) is 8.13. The summed E-state index contributed by atoms with van der Waals surface area (Å²) in [6, 6.07) is 30.9. The molecule has 4 heteroatoms. The van der Waals surface area contributed by atoms with Crippen molar-refractivity contribution in [1.82, 2.24) is 4.90 Å². The SMILES string of the molecule is O=C(C=P(c1ccccc1)(c1ccccc1)c1ccccc1)CCC(=O)N1CCCC1. The molecule has 3 aromatic rings. The van der Waals surface area contributed by atoms with Crippen molar-refractivity contribution in [2.24, 2.45) is 0 Å². The molecule has 0 atom stereocenters. The molecule has 0 bridgehead atoms. The molecule has 0 aromatic heterocycles. The minimum absolute atomic E-state index is 0.0393. The molecule has 31 heavy (non-hydrogen) atoms. The van der Waals surface area contributed by atoms with Crippen LogP contribution in [-0.2, 0) is 9.59 Å². The second-order valence-corrected chi connectivity index (χ2v) is 11.2. The Morgan fingerprint density at radius 1 is 0.677 bits per heavy atom. The molecule has 0 N–H and O–H groups in total. The number of benzene rings is 3. The van der Waals surface area contributed by atoms with Gasteiger partial charge in [0.15, 0.2) is 5.78 Å². The number of nitrogens with zero attached hydrogens (tertiary/aromatic N) is 1. The molecular weight excluding hydrogens is 401 g/mol. The lowest BCUT2D eigenvalue weighted by Gasteiger charge is -2.28. The Morgan fingerprint density at radius 3 is 1.52 bits per heavy atom. The molecule has 3 nitrogen and oxygen atoms in total. The van der Waals surface area contributed by atoms with Gasteiger partial charge in [-0.3, -0.25) is 9.59 Å². The molecule has 0 saturated carbocycles. The van der Waals surface area contributed by atoms with E-state index in [1.165, 1.54) is 0 Å². The van der Waals surface area contributed by atoms with Crippen LogP contribution in [0.25, 0.3) is 0 Å². The van der Waals surface area contributed by atoms with Crippen molar-refractivity contribution in [3.8, 4) is 0 Å². The van der Waals surface area contributed by atoms with E-state index in [1.807, 2.05) is 65.3 Å². The molecule has 1 amide bonds. The maximum absolute atomic E-state index is 13.3. The van der Waals surface area contributed by atoms with Crippen LogP contribution in [-0.4, -0.2) is 35.5 Å². The van der Waals surface area contributed by atoms with Gasteiger partial charge in [-0.2, -0.15) is 0 Å². The second kappa shape index (κ2) is 9.94. The Hall–Kier alpha value is -2.90. The predicted octanol–water partition coefficient (Wildman–Crippen LogP) is 3.75. The lowest BCUT2D eigenvalue weighted by molar-refractivity contribution is -0.131. The number of likely N-dealkylation sites (tertiary alicyclic amines) is 1. The molecule has 1 heterocycles. The third-order valence-electron chi connectivity index (χ3n) is 5.87. The van der Waals surface area contributed by atoms with Crippen molar-refractivity contribution < 1.29 is 9.59 Å². The van der Waals surface area contributed by atoms with Gasteiger partial charge in [-0.05, 0) is 41.4 Å². The van der Waals surface area contributed by atoms with Crippen molar-refractivity contribution >= 4 is 40.3 Å². The Bertz CT molecular complexity index is 969. The highest BCUT2D eigenvalue weighted by atomic mass is 31.2. The van der Waals surface area contributed by atoms with Gasteiger partial charge in [0.2, 0.25) is 5.91 Å². The number of Topliss-reactive ketones (excluding diaryl/α,β-unsaturated/α-hetero) is 1. The largest absolute Gasteiger partial charge is 0.343 e. The van der Waals surface area contributed by atoms with E-state index >= 15 is 0 Å². The molecule has 3 aromatic carbocycles. The quantitative estimate of drug-likeness (QED) is 0.537. The molecule has 1 fully saturated rings. The van der Waals surface area contributed by atoms with Gasteiger partial charge in [0, 0.05) is 25.9 Å². The molecule has 0 aliphatic carbocycles. The monoisotopic (exact) mass is 429 g/mol. The van der Waals surface area contributed by atoms with Crippen LogP contribution in [0.1, 0.15) is 25.7 Å². The summed E-state index contributed by atoms with van der Waals surface area (Å²) >= 11 is 0. The van der Waals surface area contributed by atoms with E-state index in [-0.39, 0.29) is 24.5 Å². The first-order valence-corrected chi connectivity index (χ1v) is 12.8. The third-order valence-corrected chi connectivity index (χ3v) is 9.89. The number of carbonyl (C=O) groups is 2. The number of rotatable bonds is 7. The standard InChI is InChI=1S/C27H28NO2P/c29-23(18-19-27(30)28-20-10-11-21-28)22-31(24-12-4-1-5-13-24,25-14-6-2-7-15-25)26-16-8-3-9-17-26/h1-9,12-17,22H,10-11,18-21H2. The fraction of sp³-hybridized carbons (Fsp3) is 0.222. The topological polar surface area (TPSA) is 37.4 Å². The van der Waals surface area contributed by atoms with E-state index in [9.17, 15) is 9.59 Å². The van der Waals surface area contributed by atoms with E-state index in [0.717, 1.165) is 41.8 Å². The normalized spacial score (nSPS) is 13.7. The molecular formula is C27H28NO2P. The van der Waals surface area contributed by atoms with Crippen LogP contribution >= 0.6 is 6.89 Å². The van der Waals surface area contributed by atoms with Crippen LogP contribution in [0.15, 0.2) is 91.0 Å². The summed E-state index contributed by atoms with van der Waals surface area (Å²) in [5, 5.41) is 3.44. The number of ketones is 1. The maximum atomic E-state index is 13.3. The zero-order valence-electron chi connectivity index (χ0n) is 17.7. The van der Waals surface area contributed by atoms with Gasteiger partial charge < -0.3 is 4.90 Å². The summed E-state index contributed by atoms with van der Waals surface area (Å²) in [6.45, 7) is -0.644. The van der Waals surface area contributed by atoms with Gasteiger partial charge in [-0.15, -0.1) is 0 Å². The van der Waals surface area contributed by atoms with Crippen LogP contribution in [0.5, 0.6) is 0 Å². The van der Waals surface area contributed by atoms with Gasteiger partial charge in [-0.25, -0.2) is 0 Å². The average molecular weight is 430 g/mol. The fourth-order valence-electron chi connectivity index (χ4n) is 4.30. The Kier molecular flexibility index (Phi) is 6.84. The number of hydrogen-bond acceptors (Lipinski definition) is 2. The summed E-state index contributed by atoms with van der Waals surface area (Å²) in [5.74, 6) is 2.07. The Balaban J connectivity index is 1.78. The van der Waals surface area contributed by atoms with Gasteiger partial charge in [0.25, 0.3) is 0 Å². The van der Waals surface area contributed by atoms with Crippen LogP contribution < -0.4 is 15.9 Å². The van der Waals surface area contributed by atoms with Crippen molar-refractivity contribution in [3.63, 3.8) is 0 Å².